The molecule has 9 heteroatoms. The number of pyridine rings is 1. The van der Waals surface area contributed by atoms with Crippen molar-refractivity contribution >= 4 is 17.0 Å². The van der Waals surface area contributed by atoms with Gasteiger partial charge in [-0.15, -0.1) is 0 Å². The molecule has 2 aliphatic rings. The lowest BCUT2D eigenvalue weighted by molar-refractivity contribution is 0.0254. The van der Waals surface area contributed by atoms with E-state index in [4.69, 9.17) is 13.9 Å². The highest BCUT2D eigenvalue weighted by molar-refractivity contribution is 5.95. The van der Waals surface area contributed by atoms with Crippen molar-refractivity contribution in [2.24, 2.45) is 0 Å². The number of fused-ring (bicyclic) bond motifs is 1. The summed E-state index contributed by atoms with van der Waals surface area (Å²) in [5.41, 5.74) is 4.58. The number of benzene rings is 2. The molecule has 2 saturated heterocycles. The van der Waals surface area contributed by atoms with E-state index in [1.807, 2.05) is 30.3 Å². The average Bonchev–Trinajstić information content (AvgIpc) is 3.44. The third-order valence-corrected chi connectivity index (χ3v) is 7.43. The van der Waals surface area contributed by atoms with E-state index in [1.165, 1.54) is 0 Å². The number of rotatable bonds is 6. The van der Waals surface area contributed by atoms with Crippen LogP contribution in [-0.4, -0.2) is 55.5 Å². The van der Waals surface area contributed by atoms with Crippen LogP contribution in [0.1, 0.15) is 35.2 Å². The molecule has 204 valence electrons. The Morgan fingerprint density at radius 3 is 2.65 bits per heavy atom. The van der Waals surface area contributed by atoms with Gasteiger partial charge in [0.25, 0.3) is 5.91 Å². The van der Waals surface area contributed by atoms with Gasteiger partial charge in [-0.2, -0.15) is 5.26 Å². The van der Waals surface area contributed by atoms with Gasteiger partial charge in [-0.1, -0.05) is 18.2 Å². The zero-order valence-electron chi connectivity index (χ0n) is 21.9. The monoisotopic (exact) mass is 540 g/mol. The number of ether oxygens (including phenoxy) is 2. The van der Waals surface area contributed by atoms with Gasteiger partial charge in [-0.3, -0.25) is 9.78 Å². The molecule has 2 aromatic heterocycles. The number of nitrogens with one attached hydrogen (secondary N) is 2. The number of halogens is 1. The smallest absolute Gasteiger partial charge is 0.251 e. The van der Waals surface area contributed by atoms with Crippen LogP contribution in [0.5, 0.6) is 5.75 Å². The topological polar surface area (TPSA) is 109 Å². The SMILES string of the molecule is N#Cc1cc(-c2ccnc3cc(-c4ccc(C(=O)NC5CNCCC5F)cc4)oc23)ccc1OC1CCOCC1. The first-order valence-electron chi connectivity index (χ1n) is 13.5. The normalized spacial score (nSPS) is 19.7. The number of nitrogens with zero attached hydrogens (tertiary/aromatic N) is 2. The fourth-order valence-corrected chi connectivity index (χ4v) is 5.17. The summed E-state index contributed by atoms with van der Waals surface area (Å²) in [6.45, 7) is 2.36. The van der Waals surface area contributed by atoms with Crippen molar-refractivity contribution in [3.63, 3.8) is 0 Å². The average molecular weight is 541 g/mol. The molecule has 40 heavy (non-hydrogen) atoms. The second-order valence-electron chi connectivity index (χ2n) is 10.1. The molecule has 2 fully saturated rings. The van der Waals surface area contributed by atoms with Gasteiger partial charge < -0.3 is 24.5 Å². The molecule has 8 nitrogen and oxygen atoms in total. The van der Waals surface area contributed by atoms with Crippen molar-refractivity contribution in [2.45, 2.75) is 37.6 Å². The number of hydrogen-bond acceptors (Lipinski definition) is 7. The summed E-state index contributed by atoms with van der Waals surface area (Å²) in [7, 11) is 0. The van der Waals surface area contributed by atoms with Gasteiger partial charge in [-0.05, 0) is 48.9 Å². The minimum atomic E-state index is -1.05. The van der Waals surface area contributed by atoms with Crippen molar-refractivity contribution in [2.75, 3.05) is 26.3 Å². The quantitative estimate of drug-likeness (QED) is 0.353. The van der Waals surface area contributed by atoms with Gasteiger partial charge in [0, 0.05) is 48.3 Å². The van der Waals surface area contributed by atoms with Crippen molar-refractivity contribution in [3.05, 3.63) is 71.9 Å². The number of aromatic nitrogens is 1. The second kappa shape index (κ2) is 11.5. The van der Waals surface area contributed by atoms with Crippen LogP contribution in [0.25, 0.3) is 33.6 Å². The Bertz CT molecular complexity index is 1560. The van der Waals surface area contributed by atoms with Crippen LogP contribution >= 0.6 is 0 Å². The number of nitriles is 1. The zero-order valence-corrected chi connectivity index (χ0v) is 21.9. The Morgan fingerprint density at radius 2 is 1.88 bits per heavy atom. The maximum absolute atomic E-state index is 14.1. The van der Waals surface area contributed by atoms with E-state index in [9.17, 15) is 14.4 Å². The molecule has 0 aliphatic carbocycles. The van der Waals surface area contributed by atoms with Gasteiger partial charge in [0.15, 0.2) is 5.58 Å². The van der Waals surface area contributed by atoms with Gasteiger partial charge in [-0.25, -0.2) is 4.39 Å². The third kappa shape index (κ3) is 5.41. The molecule has 6 rings (SSSR count). The molecule has 0 saturated carbocycles. The van der Waals surface area contributed by atoms with Gasteiger partial charge in [0.2, 0.25) is 0 Å². The van der Waals surface area contributed by atoms with Crippen molar-refractivity contribution in [1.29, 1.82) is 5.26 Å². The molecule has 0 spiro atoms. The standard InChI is InChI=1S/C31H29FN4O4/c32-25-8-11-34-18-27(25)36-31(37)20-3-1-19(2-4-20)29-16-26-30(40-29)24(7-12-35-26)21-5-6-28(22(15-21)17-33)39-23-9-13-38-14-10-23/h1-7,12,15-16,23,25,27,34H,8-11,13-14,18H2,(H,36,37). The van der Waals surface area contributed by atoms with Crippen LogP contribution in [0.2, 0.25) is 0 Å². The Balaban J connectivity index is 1.23. The summed E-state index contributed by atoms with van der Waals surface area (Å²) in [4.78, 5) is 17.1. The first-order valence-corrected chi connectivity index (χ1v) is 13.5. The number of carbonyl (C=O) groups is 1. The highest BCUT2D eigenvalue weighted by atomic mass is 19.1. The van der Waals surface area contributed by atoms with E-state index < -0.39 is 12.2 Å². The van der Waals surface area contributed by atoms with Crippen molar-refractivity contribution in [1.82, 2.24) is 15.6 Å². The molecule has 2 aliphatic heterocycles. The zero-order chi connectivity index (χ0) is 27.5. The summed E-state index contributed by atoms with van der Waals surface area (Å²) in [6, 6.07) is 18.0. The molecule has 2 unspecified atom stereocenters. The van der Waals surface area contributed by atoms with Crippen molar-refractivity contribution in [3.8, 4) is 34.3 Å². The minimum absolute atomic E-state index is 0.0364. The van der Waals surface area contributed by atoms with E-state index in [2.05, 4.69) is 21.7 Å². The number of carbonyl (C=O) groups excluding carboxylic acids is 1. The van der Waals surface area contributed by atoms with E-state index in [0.29, 0.717) is 66.5 Å². The Morgan fingerprint density at radius 1 is 1.07 bits per heavy atom. The minimum Gasteiger partial charge on any atom is -0.489 e. The maximum Gasteiger partial charge on any atom is 0.251 e. The number of hydrogen-bond donors (Lipinski definition) is 2. The largest absolute Gasteiger partial charge is 0.489 e. The van der Waals surface area contributed by atoms with Crippen molar-refractivity contribution < 1.29 is 23.1 Å². The molecular formula is C31H29FN4O4. The van der Waals surface area contributed by atoms with Crippen LogP contribution in [0, 0.1) is 11.3 Å². The Hall–Kier alpha value is -4.26. The fraction of sp³-hybridized carbons (Fsp3) is 0.323. The molecule has 4 aromatic rings. The number of furan rings is 1. The highest BCUT2D eigenvalue weighted by Crippen LogP contribution is 2.35. The molecule has 2 atom stereocenters. The maximum atomic E-state index is 14.1. The van der Waals surface area contributed by atoms with E-state index in [0.717, 1.165) is 29.5 Å². The molecule has 0 radical (unpaired) electrons. The fourth-order valence-electron chi connectivity index (χ4n) is 5.17. The van der Waals surface area contributed by atoms with E-state index in [1.54, 1.807) is 30.5 Å². The van der Waals surface area contributed by atoms with Crippen LogP contribution in [0.4, 0.5) is 4.39 Å². The van der Waals surface area contributed by atoms with Crippen LogP contribution in [0.15, 0.2) is 65.2 Å². The van der Waals surface area contributed by atoms with Gasteiger partial charge in [0.05, 0.1) is 24.8 Å². The third-order valence-electron chi connectivity index (χ3n) is 7.43. The van der Waals surface area contributed by atoms with Crippen LogP contribution in [0.3, 0.4) is 0 Å². The lowest BCUT2D eigenvalue weighted by Crippen LogP contribution is -2.52. The lowest BCUT2D eigenvalue weighted by atomic mass is 10.0. The number of amides is 1. The molecular weight excluding hydrogens is 511 g/mol. The summed E-state index contributed by atoms with van der Waals surface area (Å²) in [5.74, 6) is 0.852. The molecule has 0 bridgehead atoms. The van der Waals surface area contributed by atoms with Crippen LogP contribution < -0.4 is 15.4 Å². The summed E-state index contributed by atoms with van der Waals surface area (Å²) >= 11 is 0. The summed E-state index contributed by atoms with van der Waals surface area (Å²) in [5, 5.41) is 15.7. The highest BCUT2D eigenvalue weighted by Gasteiger charge is 2.26. The number of alkyl halides is 1. The molecule has 1 amide bonds. The lowest BCUT2D eigenvalue weighted by Gasteiger charge is -2.27. The Kier molecular flexibility index (Phi) is 7.45. The van der Waals surface area contributed by atoms with E-state index >= 15 is 0 Å². The van der Waals surface area contributed by atoms with Crippen LogP contribution in [-0.2, 0) is 4.74 Å². The van der Waals surface area contributed by atoms with Gasteiger partial charge in [0.1, 0.15) is 35.4 Å². The first kappa shape index (κ1) is 26.0. The molecule has 4 heterocycles. The molecule has 2 N–H and O–H groups in total. The predicted molar refractivity (Wildman–Crippen MR) is 148 cm³/mol. The summed E-state index contributed by atoms with van der Waals surface area (Å²) < 4.78 is 31.9. The van der Waals surface area contributed by atoms with E-state index in [-0.39, 0.29) is 12.0 Å². The van der Waals surface area contributed by atoms with Gasteiger partial charge >= 0.3 is 0 Å². The second-order valence-corrected chi connectivity index (χ2v) is 10.1. The first-order chi connectivity index (χ1) is 19.6. The Labute approximate surface area is 231 Å². The molecule has 2 aromatic carbocycles. The number of piperidine rings is 1. The summed E-state index contributed by atoms with van der Waals surface area (Å²) in [6.07, 6.45) is 2.68. The predicted octanol–water partition coefficient (Wildman–Crippen LogP) is 5.02.